The van der Waals surface area contributed by atoms with Gasteiger partial charge in [0.25, 0.3) is 0 Å². The summed E-state index contributed by atoms with van der Waals surface area (Å²) in [5.41, 5.74) is 24.1. The topological polar surface area (TPSA) is 16.3 Å². The van der Waals surface area contributed by atoms with Crippen molar-refractivity contribution in [2.75, 3.05) is 9.80 Å². The van der Waals surface area contributed by atoms with E-state index in [0.717, 1.165) is 136 Å². The number of rotatable bonds is 9. The lowest BCUT2D eigenvalue weighted by Crippen LogP contribution is -2.10. The Balaban J connectivity index is 0.780. The van der Waals surface area contributed by atoms with E-state index in [2.05, 4.69) is 249 Å². The number of benzene rings is 12. The second-order valence-electron chi connectivity index (χ2n) is 21.1. The van der Waals surface area contributed by atoms with Crippen LogP contribution >= 0.6 is 0 Å². The lowest BCUT2D eigenvalue weighted by molar-refractivity contribution is 0.627. The van der Waals surface area contributed by atoms with Crippen molar-refractivity contribution in [3.05, 3.63) is 301 Å². The number of nitrogens with zero attached hydrogens (tertiary/aromatic N) is 4. The van der Waals surface area contributed by atoms with Crippen LogP contribution in [0.2, 0.25) is 0 Å². The van der Waals surface area contributed by atoms with Crippen LogP contribution in [0, 0.1) is 11.6 Å². The first-order chi connectivity index (χ1) is 39.5. The summed E-state index contributed by atoms with van der Waals surface area (Å²) in [4.78, 5) is 4.67. The minimum Gasteiger partial charge on any atom is -0.310 e. The molecule has 0 spiro atoms. The van der Waals surface area contributed by atoms with Crippen LogP contribution in [0.5, 0.6) is 0 Å². The number of halogens is 2. The first kappa shape index (κ1) is 45.9. The van der Waals surface area contributed by atoms with Gasteiger partial charge in [-0.1, -0.05) is 121 Å². The van der Waals surface area contributed by atoms with Gasteiger partial charge in [-0.15, -0.1) is 0 Å². The Morgan fingerprint density at radius 2 is 0.637 bits per heavy atom. The Kier molecular flexibility index (Phi) is 10.4. The largest absolute Gasteiger partial charge is 0.310 e. The molecular weight excluding hydrogens is 983 g/mol. The lowest BCUT2D eigenvalue weighted by Gasteiger charge is -2.26. The molecule has 0 unspecified atom stereocenters. The molecule has 12 aromatic carbocycles. The van der Waals surface area contributed by atoms with E-state index in [0.29, 0.717) is 0 Å². The van der Waals surface area contributed by atoms with Crippen LogP contribution in [0.25, 0.3) is 88.4 Å². The van der Waals surface area contributed by atoms with E-state index in [1.54, 1.807) is 24.3 Å². The fraction of sp³-hybridized carbons (Fsp3) is 0.0270. The monoisotopic (exact) mass is 1030 g/mol. The summed E-state index contributed by atoms with van der Waals surface area (Å²) in [6.45, 7) is 0. The highest BCUT2D eigenvalue weighted by Gasteiger charge is 2.28. The molecule has 0 atom stereocenters. The van der Waals surface area contributed by atoms with Gasteiger partial charge in [0.2, 0.25) is 0 Å². The van der Waals surface area contributed by atoms with Gasteiger partial charge < -0.3 is 18.9 Å². The van der Waals surface area contributed by atoms with Crippen LogP contribution in [0.3, 0.4) is 0 Å². The maximum Gasteiger partial charge on any atom is 0.123 e. The van der Waals surface area contributed by atoms with E-state index in [4.69, 9.17) is 0 Å². The molecule has 2 aromatic heterocycles. The summed E-state index contributed by atoms with van der Waals surface area (Å²) in [6.07, 6.45) is 1.49. The highest BCUT2D eigenvalue weighted by molar-refractivity contribution is 6.16. The predicted molar refractivity (Wildman–Crippen MR) is 326 cm³/mol. The molecule has 0 N–H and O–H groups in total. The maximum atomic E-state index is 14.8. The van der Waals surface area contributed by atoms with Gasteiger partial charge in [0.1, 0.15) is 11.6 Å². The molecule has 2 heterocycles. The highest BCUT2D eigenvalue weighted by atomic mass is 19.1. The zero-order valence-corrected chi connectivity index (χ0v) is 43.4. The van der Waals surface area contributed by atoms with E-state index in [1.807, 2.05) is 12.1 Å². The van der Waals surface area contributed by atoms with Crippen molar-refractivity contribution in [3.8, 4) is 44.8 Å². The fourth-order valence-corrected chi connectivity index (χ4v) is 13.1. The molecule has 0 fully saturated rings. The number of anilines is 6. The normalized spacial score (nSPS) is 12.3. The summed E-state index contributed by atoms with van der Waals surface area (Å²) in [5, 5.41) is 4.70. The van der Waals surface area contributed by atoms with Crippen LogP contribution in [0.4, 0.5) is 42.9 Å². The van der Waals surface area contributed by atoms with E-state index in [1.165, 1.54) is 21.9 Å². The lowest BCUT2D eigenvalue weighted by atomic mass is 10.00. The molecule has 2 aliphatic rings. The Labute approximate surface area is 461 Å². The predicted octanol–water partition coefficient (Wildman–Crippen LogP) is 19.9. The molecule has 80 heavy (non-hydrogen) atoms. The summed E-state index contributed by atoms with van der Waals surface area (Å²) in [6, 6.07) is 92.9. The average molecular weight is 1030 g/mol. The Hall–Kier alpha value is -10.3. The third-order valence-electron chi connectivity index (χ3n) is 16.7. The van der Waals surface area contributed by atoms with Gasteiger partial charge in [-0.05, 0) is 214 Å². The van der Waals surface area contributed by atoms with Crippen molar-refractivity contribution in [2.24, 2.45) is 0 Å². The molecular formula is C74H48F2N4. The molecule has 14 aromatic rings. The summed E-state index contributed by atoms with van der Waals surface area (Å²) < 4.78 is 34.2. The van der Waals surface area contributed by atoms with Gasteiger partial charge in [-0.2, -0.15) is 0 Å². The van der Waals surface area contributed by atoms with Gasteiger partial charge in [0.05, 0.1) is 22.1 Å². The standard InChI is InChI=1S/C74H48F2N4/c75-51-27-21-49-41-65-61(63(49)43-51)35-39-71-73(65)67-45-59(33-37-69(67)79(71)55-17-9-3-10-18-55)77(53-13-5-1-6-14-53)57-29-23-47(24-30-57)48-25-31-58(32-26-48)78(54-15-7-2-8-16-54)60-34-38-70-68(46-60)74-66-42-50-22-28-52(76)44-64(50)62(66)36-40-72(74)80(70)56-19-11-4-12-20-56/h1-40,43-46H,41-42H2. The Morgan fingerprint density at radius 1 is 0.287 bits per heavy atom. The number of aromatic nitrogens is 2. The van der Waals surface area contributed by atoms with Gasteiger partial charge in [-0.25, -0.2) is 8.78 Å². The van der Waals surface area contributed by atoms with Crippen LogP contribution in [-0.4, -0.2) is 9.13 Å². The molecule has 16 rings (SSSR count). The first-order valence-corrected chi connectivity index (χ1v) is 27.3. The van der Waals surface area contributed by atoms with Gasteiger partial charge in [0, 0.05) is 67.0 Å². The number of hydrogen-bond acceptors (Lipinski definition) is 2. The quantitative estimate of drug-likeness (QED) is 0.143. The molecule has 0 saturated heterocycles. The molecule has 378 valence electrons. The minimum absolute atomic E-state index is 0.215. The van der Waals surface area contributed by atoms with E-state index in [-0.39, 0.29) is 11.6 Å². The van der Waals surface area contributed by atoms with Crippen LogP contribution in [-0.2, 0) is 12.8 Å². The van der Waals surface area contributed by atoms with Crippen molar-refractivity contribution in [1.29, 1.82) is 0 Å². The zero-order chi connectivity index (χ0) is 53.0. The van der Waals surface area contributed by atoms with Crippen molar-refractivity contribution in [1.82, 2.24) is 9.13 Å². The van der Waals surface area contributed by atoms with Crippen molar-refractivity contribution in [2.45, 2.75) is 12.8 Å². The van der Waals surface area contributed by atoms with Crippen LogP contribution in [0.15, 0.2) is 267 Å². The smallest absolute Gasteiger partial charge is 0.123 e. The average Bonchev–Trinajstić information content (AvgIpc) is 4.29. The number of hydrogen-bond donors (Lipinski definition) is 0. The van der Waals surface area contributed by atoms with E-state index < -0.39 is 0 Å². The fourth-order valence-electron chi connectivity index (χ4n) is 13.1. The third kappa shape index (κ3) is 7.26. The number of fused-ring (bicyclic) bond motifs is 14. The molecule has 0 radical (unpaired) electrons. The zero-order valence-electron chi connectivity index (χ0n) is 43.4. The molecule has 2 aliphatic carbocycles. The Bertz CT molecular complexity index is 4450. The Morgan fingerprint density at radius 3 is 1.04 bits per heavy atom. The third-order valence-corrected chi connectivity index (χ3v) is 16.7. The minimum atomic E-state index is -0.215. The molecule has 0 amide bonds. The van der Waals surface area contributed by atoms with Crippen molar-refractivity contribution in [3.63, 3.8) is 0 Å². The summed E-state index contributed by atoms with van der Waals surface area (Å²) in [7, 11) is 0. The molecule has 0 bridgehead atoms. The maximum absolute atomic E-state index is 14.8. The van der Waals surface area contributed by atoms with Gasteiger partial charge in [0.15, 0.2) is 0 Å². The summed E-state index contributed by atoms with van der Waals surface area (Å²) in [5.74, 6) is -0.430. The second-order valence-corrected chi connectivity index (χ2v) is 21.1. The van der Waals surface area contributed by atoms with E-state index >= 15 is 0 Å². The molecule has 6 heteroatoms. The van der Waals surface area contributed by atoms with Crippen molar-refractivity contribution < 1.29 is 8.78 Å². The van der Waals surface area contributed by atoms with Gasteiger partial charge in [-0.3, -0.25) is 0 Å². The first-order valence-electron chi connectivity index (χ1n) is 27.3. The SMILES string of the molecule is Fc1ccc2c(c1)-c1ccc3c(c1C2)c1cc(N(c2ccccc2)c2ccc(-c4ccc(N(c5ccccc5)c5ccc6c(c5)c5c7c(ccc5n6-c5ccccc5)-c5cc(F)ccc5C7)cc4)cc2)ccc1n3-c1ccccc1. The van der Waals surface area contributed by atoms with Gasteiger partial charge >= 0.3 is 0 Å². The molecule has 0 saturated carbocycles. The van der Waals surface area contributed by atoms with Crippen molar-refractivity contribution >= 4 is 77.7 Å². The second kappa shape index (κ2) is 18.2. The molecule has 4 nitrogen and oxygen atoms in total. The summed E-state index contributed by atoms with van der Waals surface area (Å²) >= 11 is 0. The van der Waals surface area contributed by atoms with Crippen LogP contribution in [0.1, 0.15) is 22.3 Å². The highest BCUT2D eigenvalue weighted by Crippen LogP contribution is 2.49. The van der Waals surface area contributed by atoms with E-state index in [9.17, 15) is 8.78 Å². The van der Waals surface area contributed by atoms with Crippen LogP contribution < -0.4 is 9.80 Å². The molecule has 0 aliphatic heterocycles. The number of para-hydroxylation sites is 4.